The van der Waals surface area contributed by atoms with Crippen LogP contribution in [-0.2, 0) is 0 Å². The van der Waals surface area contributed by atoms with Gasteiger partial charge in [0.25, 0.3) is 0 Å². The van der Waals surface area contributed by atoms with Gasteiger partial charge in [-0.3, -0.25) is 0 Å². The second-order valence-corrected chi connectivity index (χ2v) is 4.78. The molecule has 1 aromatic rings. The summed E-state index contributed by atoms with van der Waals surface area (Å²) in [7, 11) is 1.67. The van der Waals surface area contributed by atoms with E-state index in [4.69, 9.17) is 9.47 Å². The molecule has 100 valence electrons. The second-order valence-electron chi connectivity index (χ2n) is 4.78. The molecule has 0 spiro atoms. The number of hydrogen-bond donors (Lipinski definition) is 0. The van der Waals surface area contributed by atoms with Crippen LogP contribution in [-0.4, -0.2) is 38.3 Å². The van der Waals surface area contributed by atoms with E-state index in [0.717, 1.165) is 24.5 Å². The summed E-state index contributed by atoms with van der Waals surface area (Å²) >= 11 is 0. The van der Waals surface area contributed by atoms with Gasteiger partial charge in [0.15, 0.2) is 0 Å². The van der Waals surface area contributed by atoms with Crippen LogP contribution in [0.2, 0.25) is 0 Å². The Morgan fingerprint density at radius 2 is 1.67 bits per heavy atom. The van der Waals surface area contributed by atoms with Crippen molar-refractivity contribution in [3.8, 4) is 11.5 Å². The van der Waals surface area contributed by atoms with E-state index in [2.05, 4.69) is 4.90 Å². The molecule has 0 aromatic heterocycles. The lowest BCUT2D eigenvalue weighted by Gasteiger charge is -2.14. The molecule has 0 atom stereocenters. The Hall–Kier alpha value is -1.22. The van der Waals surface area contributed by atoms with Gasteiger partial charge in [-0.25, -0.2) is 0 Å². The quantitative estimate of drug-likeness (QED) is 0.693. The minimum atomic E-state index is 0.806. The zero-order chi connectivity index (χ0) is 12.6. The molecule has 1 fully saturated rings. The van der Waals surface area contributed by atoms with Crippen LogP contribution < -0.4 is 9.47 Å². The Morgan fingerprint density at radius 3 is 2.33 bits per heavy atom. The number of nitrogens with zero attached hydrogens (tertiary/aromatic N) is 1. The predicted octanol–water partition coefficient (Wildman–Crippen LogP) is 2.95. The van der Waals surface area contributed by atoms with Crippen molar-refractivity contribution in [1.82, 2.24) is 4.90 Å². The summed E-state index contributed by atoms with van der Waals surface area (Å²) in [4.78, 5) is 2.55. The van der Waals surface area contributed by atoms with Crippen LogP contribution in [0.15, 0.2) is 24.3 Å². The Morgan fingerprint density at radius 1 is 1.00 bits per heavy atom. The molecule has 0 bridgehead atoms. The molecule has 1 aliphatic rings. The Labute approximate surface area is 110 Å². The normalized spacial score (nSPS) is 15.8. The fourth-order valence-electron chi connectivity index (χ4n) is 2.31. The number of ether oxygens (including phenoxy) is 2. The smallest absolute Gasteiger partial charge is 0.119 e. The lowest BCUT2D eigenvalue weighted by Crippen LogP contribution is -2.20. The zero-order valence-corrected chi connectivity index (χ0v) is 11.2. The highest BCUT2D eigenvalue weighted by atomic mass is 16.5. The van der Waals surface area contributed by atoms with Gasteiger partial charge in [0.2, 0.25) is 0 Å². The molecule has 1 heterocycles. The van der Waals surface area contributed by atoms with Crippen molar-refractivity contribution in [2.75, 3.05) is 33.4 Å². The first-order chi connectivity index (χ1) is 8.88. The van der Waals surface area contributed by atoms with Crippen LogP contribution in [0.5, 0.6) is 11.5 Å². The van der Waals surface area contributed by atoms with E-state index in [-0.39, 0.29) is 0 Å². The van der Waals surface area contributed by atoms with Crippen molar-refractivity contribution in [3.05, 3.63) is 24.3 Å². The van der Waals surface area contributed by atoms with E-state index in [9.17, 15) is 0 Å². The molecule has 0 aliphatic carbocycles. The van der Waals surface area contributed by atoms with E-state index in [1.54, 1.807) is 7.11 Å². The SMILES string of the molecule is COc1ccc(OCCCCN2CCCC2)cc1. The summed E-state index contributed by atoms with van der Waals surface area (Å²) in [5, 5.41) is 0. The van der Waals surface area contributed by atoms with Gasteiger partial charge in [0.05, 0.1) is 13.7 Å². The Balaban J connectivity index is 1.56. The van der Waals surface area contributed by atoms with Gasteiger partial charge in [-0.05, 0) is 69.6 Å². The highest BCUT2D eigenvalue weighted by Crippen LogP contribution is 2.17. The number of unbranched alkanes of at least 4 members (excludes halogenated alkanes) is 1. The average Bonchev–Trinajstić information content (AvgIpc) is 2.92. The largest absolute Gasteiger partial charge is 0.497 e. The maximum Gasteiger partial charge on any atom is 0.119 e. The standard InChI is InChI=1S/C15H23NO2/c1-17-14-6-8-15(9-7-14)18-13-5-4-12-16-10-2-3-11-16/h6-9H,2-5,10-13H2,1H3. The molecule has 2 rings (SSSR count). The van der Waals surface area contributed by atoms with Gasteiger partial charge >= 0.3 is 0 Å². The topological polar surface area (TPSA) is 21.7 Å². The molecule has 1 aromatic carbocycles. The van der Waals surface area contributed by atoms with E-state index < -0.39 is 0 Å². The monoisotopic (exact) mass is 249 g/mol. The number of hydrogen-bond acceptors (Lipinski definition) is 3. The summed E-state index contributed by atoms with van der Waals surface area (Å²) in [6.07, 6.45) is 5.11. The molecule has 1 saturated heterocycles. The van der Waals surface area contributed by atoms with Crippen LogP contribution in [0.3, 0.4) is 0 Å². The van der Waals surface area contributed by atoms with E-state index in [0.29, 0.717) is 0 Å². The maximum atomic E-state index is 5.70. The molecule has 3 heteroatoms. The summed E-state index contributed by atoms with van der Waals surface area (Å²) < 4.78 is 10.8. The number of likely N-dealkylation sites (tertiary alicyclic amines) is 1. The molecular formula is C15H23NO2. The van der Waals surface area contributed by atoms with Crippen LogP contribution >= 0.6 is 0 Å². The third kappa shape index (κ3) is 4.22. The zero-order valence-electron chi connectivity index (χ0n) is 11.2. The molecule has 0 radical (unpaired) electrons. The van der Waals surface area contributed by atoms with Crippen molar-refractivity contribution in [2.45, 2.75) is 25.7 Å². The summed E-state index contributed by atoms with van der Waals surface area (Å²) in [5.41, 5.74) is 0. The fourth-order valence-corrected chi connectivity index (χ4v) is 2.31. The Bertz CT molecular complexity index is 331. The van der Waals surface area contributed by atoms with Gasteiger partial charge in [-0.2, -0.15) is 0 Å². The molecule has 1 aliphatic heterocycles. The van der Waals surface area contributed by atoms with Crippen molar-refractivity contribution in [1.29, 1.82) is 0 Å². The Kier molecular flexibility index (Phi) is 5.34. The highest BCUT2D eigenvalue weighted by Gasteiger charge is 2.09. The van der Waals surface area contributed by atoms with Crippen molar-refractivity contribution < 1.29 is 9.47 Å². The molecule has 18 heavy (non-hydrogen) atoms. The van der Waals surface area contributed by atoms with Crippen molar-refractivity contribution in [2.24, 2.45) is 0 Å². The third-order valence-corrected chi connectivity index (χ3v) is 3.40. The summed E-state index contributed by atoms with van der Waals surface area (Å²) in [6, 6.07) is 7.78. The average molecular weight is 249 g/mol. The van der Waals surface area contributed by atoms with Gasteiger partial charge in [-0.1, -0.05) is 0 Å². The van der Waals surface area contributed by atoms with E-state index in [1.807, 2.05) is 24.3 Å². The van der Waals surface area contributed by atoms with Crippen molar-refractivity contribution >= 4 is 0 Å². The lowest BCUT2D eigenvalue weighted by molar-refractivity contribution is 0.279. The van der Waals surface area contributed by atoms with Crippen LogP contribution in [0.1, 0.15) is 25.7 Å². The van der Waals surface area contributed by atoms with Crippen LogP contribution in [0, 0.1) is 0 Å². The maximum absolute atomic E-state index is 5.70. The third-order valence-electron chi connectivity index (χ3n) is 3.40. The van der Waals surface area contributed by atoms with Gasteiger partial charge in [0, 0.05) is 0 Å². The summed E-state index contributed by atoms with van der Waals surface area (Å²) in [6.45, 7) is 4.62. The first-order valence-electron chi connectivity index (χ1n) is 6.88. The number of rotatable bonds is 7. The lowest BCUT2D eigenvalue weighted by atomic mass is 10.3. The van der Waals surface area contributed by atoms with Crippen molar-refractivity contribution in [3.63, 3.8) is 0 Å². The van der Waals surface area contributed by atoms with Crippen LogP contribution in [0.4, 0.5) is 0 Å². The van der Waals surface area contributed by atoms with Crippen LogP contribution in [0.25, 0.3) is 0 Å². The number of benzene rings is 1. The number of methoxy groups -OCH3 is 1. The summed E-state index contributed by atoms with van der Waals surface area (Å²) in [5.74, 6) is 1.80. The molecule has 0 saturated carbocycles. The fraction of sp³-hybridized carbons (Fsp3) is 0.600. The van der Waals surface area contributed by atoms with Gasteiger partial charge in [-0.15, -0.1) is 0 Å². The molecular weight excluding hydrogens is 226 g/mol. The van der Waals surface area contributed by atoms with E-state index in [1.165, 1.54) is 38.9 Å². The van der Waals surface area contributed by atoms with Gasteiger partial charge in [0.1, 0.15) is 11.5 Å². The minimum Gasteiger partial charge on any atom is -0.497 e. The molecule has 3 nitrogen and oxygen atoms in total. The van der Waals surface area contributed by atoms with Gasteiger partial charge < -0.3 is 14.4 Å². The minimum absolute atomic E-state index is 0.806. The first-order valence-corrected chi connectivity index (χ1v) is 6.88. The first kappa shape index (κ1) is 13.2. The highest BCUT2D eigenvalue weighted by molar-refractivity contribution is 5.31. The molecule has 0 N–H and O–H groups in total. The molecule has 0 amide bonds. The molecule has 0 unspecified atom stereocenters. The second kappa shape index (κ2) is 7.27. The predicted molar refractivity (Wildman–Crippen MR) is 73.4 cm³/mol. The van der Waals surface area contributed by atoms with E-state index >= 15 is 0 Å².